The van der Waals surface area contributed by atoms with Crippen LogP contribution in [0.3, 0.4) is 0 Å². The molecular weight excluding hydrogens is 448 g/mol. The maximum atomic E-state index is 13.8. The van der Waals surface area contributed by atoms with Crippen molar-refractivity contribution >= 4 is 34.8 Å². The van der Waals surface area contributed by atoms with Gasteiger partial charge in [0.2, 0.25) is 5.91 Å². The number of rotatable bonds is 7. The molecule has 0 unspecified atom stereocenters. The van der Waals surface area contributed by atoms with Gasteiger partial charge in [-0.3, -0.25) is 9.59 Å². The summed E-state index contributed by atoms with van der Waals surface area (Å²) < 4.78 is 5.03. The molecule has 0 saturated heterocycles. The minimum atomic E-state index is -0.573. The third-order valence-corrected chi connectivity index (χ3v) is 6.72. The number of benzene rings is 2. The van der Waals surface area contributed by atoms with Crippen molar-refractivity contribution in [2.24, 2.45) is 5.92 Å². The smallest absolute Gasteiger partial charge is 0.338 e. The Morgan fingerprint density at radius 1 is 1.06 bits per heavy atom. The SMILES string of the molecule is CCOC(=O)c1ccc(NC(=O)[C@@H]2c3ccccc3C(=O)N(CC(C)C)[C@H]2c2cccs2)cc1. The molecule has 1 aliphatic heterocycles. The van der Waals surface area contributed by atoms with Gasteiger partial charge in [-0.15, -0.1) is 11.3 Å². The van der Waals surface area contributed by atoms with E-state index in [0.29, 0.717) is 30.0 Å². The van der Waals surface area contributed by atoms with Crippen LogP contribution in [0.1, 0.15) is 63.9 Å². The van der Waals surface area contributed by atoms with Gasteiger partial charge in [0.15, 0.2) is 0 Å². The summed E-state index contributed by atoms with van der Waals surface area (Å²) in [6.45, 7) is 6.74. The number of nitrogens with zero attached hydrogens (tertiary/aromatic N) is 1. The lowest BCUT2D eigenvalue weighted by molar-refractivity contribution is -0.119. The largest absolute Gasteiger partial charge is 0.462 e. The average Bonchev–Trinajstić information content (AvgIpc) is 3.35. The Labute approximate surface area is 203 Å². The number of thiophene rings is 1. The van der Waals surface area contributed by atoms with Crippen LogP contribution in [0, 0.1) is 5.92 Å². The van der Waals surface area contributed by atoms with E-state index < -0.39 is 17.9 Å². The van der Waals surface area contributed by atoms with Crippen molar-refractivity contribution in [2.45, 2.75) is 32.7 Å². The van der Waals surface area contributed by atoms with Crippen LogP contribution in [-0.2, 0) is 9.53 Å². The van der Waals surface area contributed by atoms with E-state index in [2.05, 4.69) is 19.2 Å². The third kappa shape index (κ3) is 4.75. The highest BCUT2D eigenvalue weighted by molar-refractivity contribution is 7.10. The molecule has 0 bridgehead atoms. The number of esters is 1. The van der Waals surface area contributed by atoms with Crippen LogP contribution in [0.15, 0.2) is 66.0 Å². The van der Waals surface area contributed by atoms with Gasteiger partial charge in [0.25, 0.3) is 5.91 Å². The Hall–Kier alpha value is -3.45. The van der Waals surface area contributed by atoms with E-state index in [9.17, 15) is 14.4 Å². The molecule has 2 atom stereocenters. The average molecular weight is 477 g/mol. The van der Waals surface area contributed by atoms with Crippen LogP contribution in [0.25, 0.3) is 0 Å². The lowest BCUT2D eigenvalue weighted by Gasteiger charge is -2.42. The molecule has 0 spiro atoms. The van der Waals surface area contributed by atoms with E-state index in [-0.39, 0.29) is 17.7 Å². The van der Waals surface area contributed by atoms with Gasteiger partial charge >= 0.3 is 5.97 Å². The first-order valence-corrected chi connectivity index (χ1v) is 12.3. The first-order chi connectivity index (χ1) is 16.4. The van der Waals surface area contributed by atoms with E-state index in [4.69, 9.17) is 4.74 Å². The molecule has 4 rings (SSSR count). The Morgan fingerprint density at radius 3 is 2.44 bits per heavy atom. The van der Waals surface area contributed by atoms with Crippen molar-refractivity contribution in [3.63, 3.8) is 0 Å². The number of ether oxygens (including phenoxy) is 1. The normalized spacial score (nSPS) is 17.4. The van der Waals surface area contributed by atoms with Gasteiger partial charge in [-0.1, -0.05) is 38.1 Å². The van der Waals surface area contributed by atoms with E-state index in [1.807, 2.05) is 40.6 Å². The topological polar surface area (TPSA) is 75.7 Å². The molecule has 1 aliphatic rings. The molecule has 0 saturated carbocycles. The van der Waals surface area contributed by atoms with Crippen molar-refractivity contribution < 1.29 is 19.1 Å². The van der Waals surface area contributed by atoms with Crippen molar-refractivity contribution in [1.29, 1.82) is 0 Å². The molecular formula is C27H28N2O4S. The van der Waals surface area contributed by atoms with Gasteiger partial charge in [0.1, 0.15) is 0 Å². The zero-order chi connectivity index (χ0) is 24.2. The van der Waals surface area contributed by atoms with Crippen molar-refractivity contribution in [1.82, 2.24) is 4.90 Å². The number of carbonyl (C=O) groups is 3. The maximum absolute atomic E-state index is 13.8. The summed E-state index contributed by atoms with van der Waals surface area (Å²) in [6, 6.07) is 17.5. The number of hydrogen-bond acceptors (Lipinski definition) is 5. The number of amides is 2. The summed E-state index contributed by atoms with van der Waals surface area (Å²) in [7, 11) is 0. The molecule has 6 nitrogen and oxygen atoms in total. The molecule has 2 aromatic carbocycles. The van der Waals surface area contributed by atoms with E-state index in [1.54, 1.807) is 48.6 Å². The zero-order valence-electron chi connectivity index (χ0n) is 19.5. The molecule has 0 fully saturated rings. The second-order valence-corrected chi connectivity index (χ2v) is 9.64. The molecule has 3 aromatic rings. The number of anilines is 1. The second-order valence-electron chi connectivity index (χ2n) is 8.66. The van der Waals surface area contributed by atoms with E-state index in [1.165, 1.54) is 0 Å². The van der Waals surface area contributed by atoms with Crippen LogP contribution in [0.2, 0.25) is 0 Å². The monoisotopic (exact) mass is 476 g/mol. The van der Waals surface area contributed by atoms with E-state index >= 15 is 0 Å². The van der Waals surface area contributed by atoms with Crippen molar-refractivity contribution in [2.75, 3.05) is 18.5 Å². The molecule has 0 radical (unpaired) electrons. The molecule has 2 amide bonds. The third-order valence-electron chi connectivity index (χ3n) is 5.78. The molecule has 176 valence electrons. The van der Waals surface area contributed by atoms with E-state index in [0.717, 1.165) is 10.4 Å². The lowest BCUT2D eigenvalue weighted by Crippen LogP contribution is -2.47. The summed E-state index contributed by atoms with van der Waals surface area (Å²) in [4.78, 5) is 42.0. The summed E-state index contributed by atoms with van der Waals surface area (Å²) >= 11 is 1.55. The van der Waals surface area contributed by atoms with Crippen LogP contribution in [0.4, 0.5) is 5.69 Å². The van der Waals surface area contributed by atoms with Crippen LogP contribution < -0.4 is 5.32 Å². The predicted molar refractivity (Wildman–Crippen MR) is 133 cm³/mol. The number of nitrogens with one attached hydrogen (secondary N) is 1. The highest BCUT2D eigenvalue weighted by Gasteiger charge is 2.44. The molecule has 1 aromatic heterocycles. The van der Waals surface area contributed by atoms with Gasteiger partial charge in [-0.05, 0) is 60.2 Å². The maximum Gasteiger partial charge on any atom is 0.338 e. The van der Waals surface area contributed by atoms with Crippen LogP contribution in [0.5, 0.6) is 0 Å². The fourth-order valence-electron chi connectivity index (χ4n) is 4.37. The summed E-state index contributed by atoms with van der Waals surface area (Å²) in [5.74, 6) is -0.976. The van der Waals surface area contributed by atoms with Crippen LogP contribution >= 0.6 is 11.3 Å². The van der Waals surface area contributed by atoms with Gasteiger partial charge in [-0.2, -0.15) is 0 Å². The van der Waals surface area contributed by atoms with Crippen LogP contribution in [-0.4, -0.2) is 35.8 Å². The summed E-state index contributed by atoms with van der Waals surface area (Å²) in [5, 5.41) is 4.98. The standard InChI is InChI=1S/C27H28N2O4S/c1-4-33-27(32)18-11-13-19(14-12-18)28-25(30)23-20-8-5-6-9-21(20)26(31)29(16-17(2)3)24(23)22-10-7-15-34-22/h5-15,17,23-24H,4,16H2,1-3H3,(H,28,30)/t23-,24+/m1/s1. The Balaban J connectivity index is 1.71. The predicted octanol–water partition coefficient (Wildman–Crippen LogP) is 5.50. The fourth-order valence-corrected chi connectivity index (χ4v) is 5.24. The highest BCUT2D eigenvalue weighted by atomic mass is 32.1. The Bertz CT molecular complexity index is 1170. The van der Waals surface area contributed by atoms with Crippen molar-refractivity contribution in [3.8, 4) is 0 Å². The molecule has 7 heteroatoms. The minimum absolute atomic E-state index is 0.0504. The Kier molecular flexibility index (Phi) is 7.12. The second kappa shape index (κ2) is 10.2. The lowest BCUT2D eigenvalue weighted by atomic mass is 9.81. The molecule has 1 N–H and O–H groups in total. The first-order valence-electron chi connectivity index (χ1n) is 11.4. The first kappa shape index (κ1) is 23.7. The fraction of sp³-hybridized carbons (Fsp3) is 0.296. The zero-order valence-corrected chi connectivity index (χ0v) is 20.3. The minimum Gasteiger partial charge on any atom is -0.462 e. The highest BCUT2D eigenvalue weighted by Crippen LogP contribution is 2.45. The molecule has 0 aliphatic carbocycles. The molecule has 2 heterocycles. The van der Waals surface area contributed by atoms with Gasteiger partial charge in [0.05, 0.1) is 24.1 Å². The molecule has 34 heavy (non-hydrogen) atoms. The van der Waals surface area contributed by atoms with Crippen molar-refractivity contribution in [3.05, 3.63) is 87.6 Å². The number of hydrogen-bond donors (Lipinski definition) is 1. The van der Waals surface area contributed by atoms with Gasteiger partial charge in [0, 0.05) is 22.7 Å². The summed E-state index contributed by atoms with van der Waals surface area (Å²) in [6.07, 6.45) is 0. The van der Waals surface area contributed by atoms with Gasteiger partial charge in [-0.25, -0.2) is 4.79 Å². The van der Waals surface area contributed by atoms with Gasteiger partial charge < -0.3 is 15.0 Å². The number of fused-ring (bicyclic) bond motifs is 1. The summed E-state index contributed by atoms with van der Waals surface area (Å²) in [5.41, 5.74) is 2.29. The number of carbonyl (C=O) groups excluding carboxylic acids is 3. The quantitative estimate of drug-likeness (QED) is 0.457. The Morgan fingerprint density at radius 2 is 1.79 bits per heavy atom.